The van der Waals surface area contributed by atoms with Crippen molar-refractivity contribution in [3.8, 4) is 17.6 Å². The summed E-state index contributed by atoms with van der Waals surface area (Å²) in [4.78, 5) is 18.1. The van der Waals surface area contributed by atoms with Gasteiger partial charge in [0.1, 0.15) is 5.82 Å². The highest BCUT2D eigenvalue weighted by Crippen LogP contribution is 2.32. The van der Waals surface area contributed by atoms with Crippen LogP contribution in [0.4, 0.5) is 0 Å². The van der Waals surface area contributed by atoms with Crippen molar-refractivity contribution in [2.75, 3.05) is 14.2 Å². The predicted octanol–water partition coefficient (Wildman–Crippen LogP) is 4.01. The Morgan fingerprint density at radius 3 is 2.52 bits per heavy atom. The minimum atomic E-state index is -0.0708. The molecule has 3 aromatic rings. The molecule has 0 saturated heterocycles. The molecule has 0 fully saturated rings. The van der Waals surface area contributed by atoms with Crippen molar-refractivity contribution in [1.82, 2.24) is 9.55 Å². The Morgan fingerprint density at radius 2 is 1.83 bits per heavy atom. The van der Waals surface area contributed by atoms with Crippen molar-refractivity contribution >= 4 is 22.6 Å². The van der Waals surface area contributed by atoms with Gasteiger partial charge in [0.05, 0.1) is 36.8 Å². The fraction of sp³-hybridized carbons (Fsp3) is 0.261. The molecule has 0 bridgehead atoms. The molecule has 0 spiro atoms. The Morgan fingerprint density at radius 1 is 1.10 bits per heavy atom. The molecule has 4 rings (SSSR count). The van der Waals surface area contributed by atoms with Crippen molar-refractivity contribution in [3.63, 3.8) is 0 Å². The van der Waals surface area contributed by atoms with Gasteiger partial charge in [0.2, 0.25) is 0 Å². The summed E-state index contributed by atoms with van der Waals surface area (Å²) in [7, 11) is 3.12. The number of hydrogen-bond donors (Lipinski definition) is 0. The molecule has 1 aliphatic rings. The largest absolute Gasteiger partial charge is 0.493 e. The molecule has 6 heteroatoms. The van der Waals surface area contributed by atoms with Gasteiger partial charge in [-0.1, -0.05) is 12.1 Å². The molecule has 2 heterocycles. The molecule has 146 valence electrons. The minimum Gasteiger partial charge on any atom is -0.493 e. The second-order valence-corrected chi connectivity index (χ2v) is 6.98. The van der Waals surface area contributed by atoms with E-state index < -0.39 is 0 Å². The molecule has 0 amide bonds. The van der Waals surface area contributed by atoms with Gasteiger partial charge in [-0.05, 0) is 54.7 Å². The van der Waals surface area contributed by atoms with Crippen LogP contribution in [0.25, 0.3) is 22.6 Å². The van der Waals surface area contributed by atoms with Gasteiger partial charge in [0, 0.05) is 12.6 Å². The lowest BCUT2D eigenvalue weighted by Crippen LogP contribution is -2.24. The molecule has 0 unspecified atom stereocenters. The van der Waals surface area contributed by atoms with Crippen LogP contribution < -0.4 is 15.0 Å². The second-order valence-electron chi connectivity index (χ2n) is 6.98. The predicted molar refractivity (Wildman–Crippen MR) is 112 cm³/mol. The SMILES string of the molecule is COc1cc2nc3n(c(=O)c2cc1OC)CCCC/C3=C\c1ccc(C#N)cc1. The van der Waals surface area contributed by atoms with E-state index in [1.54, 1.807) is 43.1 Å². The van der Waals surface area contributed by atoms with E-state index >= 15 is 0 Å². The minimum absolute atomic E-state index is 0.0708. The summed E-state index contributed by atoms with van der Waals surface area (Å²) >= 11 is 0. The molecule has 29 heavy (non-hydrogen) atoms. The van der Waals surface area contributed by atoms with Crippen LogP contribution in [0.1, 0.15) is 36.2 Å². The smallest absolute Gasteiger partial charge is 0.261 e. The molecule has 1 aliphatic heterocycles. The van der Waals surface area contributed by atoms with Gasteiger partial charge in [-0.3, -0.25) is 9.36 Å². The van der Waals surface area contributed by atoms with E-state index in [2.05, 4.69) is 12.1 Å². The topological polar surface area (TPSA) is 77.1 Å². The number of ether oxygens (including phenoxy) is 2. The number of methoxy groups -OCH3 is 2. The maximum absolute atomic E-state index is 13.2. The van der Waals surface area contributed by atoms with E-state index in [1.165, 1.54) is 0 Å². The highest BCUT2D eigenvalue weighted by Gasteiger charge is 2.19. The second kappa shape index (κ2) is 7.80. The molecule has 0 aliphatic carbocycles. The molecule has 0 N–H and O–H groups in total. The number of nitrogens with zero attached hydrogens (tertiary/aromatic N) is 3. The Bertz CT molecular complexity index is 1200. The van der Waals surface area contributed by atoms with Gasteiger partial charge in [-0.2, -0.15) is 5.26 Å². The van der Waals surface area contributed by atoms with Gasteiger partial charge in [0.15, 0.2) is 11.5 Å². The monoisotopic (exact) mass is 387 g/mol. The summed E-state index contributed by atoms with van der Waals surface area (Å²) in [6.07, 6.45) is 4.79. The lowest BCUT2D eigenvalue weighted by Gasteiger charge is -2.14. The Labute approximate surface area is 168 Å². The van der Waals surface area contributed by atoms with Gasteiger partial charge in [0.25, 0.3) is 5.56 Å². The first-order valence-corrected chi connectivity index (χ1v) is 9.52. The van der Waals surface area contributed by atoms with E-state index in [1.807, 2.05) is 12.1 Å². The fourth-order valence-corrected chi connectivity index (χ4v) is 3.69. The van der Waals surface area contributed by atoms with Gasteiger partial charge in [-0.15, -0.1) is 0 Å². The summed E-state index contributed by atoms with van der Waals surface area (Å²) in [5.41, 5.74) is 3.13. The standard InChI is InChI=1S/C23H21N3O3/c1-28-20-12-18-19(13-21(20)29-2)25-22-17(5-3-4-10-26(22)23(18)27)11-15-6-8-16(14-24)9-7-15/h6-9,11-13H,3-5,10H2,1-2H3/b17-11+. The van der Waals surface area contributed by atoms with Crippen molar-refractivity contribution in [1.29, 1.82) is 5.26 Å². The first kappa shape index (κ1) is 18.8. The first-order chi connectivity index (χ1) is 14.1. The van der Waals surface area contributed by atoms with E-state index in [-0.39, 0.29) is 5.56 Å². The molecule has 0 saturated carbocycles. The summed E-state index contributed by atoms with van der Waals surface area (Å²) in [6.45, 7) is 0.635. The number of aromatic nitrogens is 2. The average Bonchev–Trinajstić information content (AvgIpc) is 2.96. The lowest BCUT2D eigenvalue weighted by atomic mass is 10.0. The normalized spacial score (nSPS) is 14.9. The van der Waals surface area contributed by atoms with Crippen LogP contribution in [0.2, 0.25) is 0 Å². The molecule has 0 radical (unpaired) electrons. The number of allylic oxidation sites excluding steroid dienone is 1. The van der Waals surface area contributed by atoms with Gasteiger partial charge >= 0.3 is 0 Å². The molecular formula is C23H21N3O3. The number of hydrogen-bond acceptors (Lipinski definition) is 5. The van der Waals surface area contributed by atoms with Gasteiger partial charge < -0.3 is 9.47 Å². The molecule has 6 nitrogen and oxygen atoms in total. The summed E-state index contributed by atoms with van der Waals surface area (Å²) in [5.74, 6) is 1.75. The fourth-order valence-electron chi connectivity index (χ4n) is 3.69. The van der Waals surface area contributed by atoms with Crippen molar-refractivity contribution in [2.45, 2.75) is 25.8 Å². The lowest BCUT2D eigenvalue weighted by molar-refractivity contribution is 0.355. The molecule has 0 atom stereocenters. The third-order valence-corrected chi connectivity index (χ3v) is 5.21. The Kier molecular flexibility index (Phi) is 5.05. The Hall–Kier alpha value is -3.59. The quantitative estimate of drug-likeness (QED) is 0.679. The highest BCUT2D eigenvalue weighted by molar-refractivity contribution is 5.86. The van der Waals surface area contributed by atoms with Crippen molar-refractivity contribution in [2.24, 2.45) is 0 Å². The summed E-state index contributed by atoms with van der Waals surface area (Å²) < 4.78 is 12.5. The zero-order chi connectivity index (χ0) is 20.4. The number of benzene rings is 2. The number of nitriles is 1. The maximum Gasteiger partial charge on any atom is 0.261 e. The molecule has 2 aromatic carbocycles. The van der Waals surface area contributed by atoms with Crippen LogP contribution in [0.15, 0.2) is 41.2 Å². The molecule has 1 aromatic heterocycles. The van der Waals surface area contributed by atoms with E-state index in [4.69, 9.17) is 19.7 Å². The summed E-state index contributed by atoms with van der Waals surface area (Å²) in [6, 6.07) is 13.0. The third kappa shape index (κ3) is 3.47. The van der Waals surface area contributed by atoms with E-state index in [9.17, 15) is 4.79 Å². The van der Waals surface area contributed by atoms with E-state index in [0.29, 0.717) is 40.3 Å². The van der Waals surface area contributed by atoms with Crippen LogP contribution in [0.3, 0.4) is 0 Å². The van der Waals surface area contributed by atoms with Crippen LogP contribution in [0, 0.1) is 11.3 Å². The Balaban J connectivity index is 1.91. The first-order valence-electron chi connectivity index (χ1n) is 9.52. The van der Waals surface area contributed by atoms with Crippen LogP contribution in [-0.2, 0) is 6.54 Å². The molecular weight excluding hydrogens is 366 g/mol. The average molecular weight is 387 g/mol. The highest BCUT2D eigenvalue weighted by atomic mass is 16.5. The van der Waals surface area contributed by atoms with Crippen LogP contribution in [-0.4, -0.2) is 23.8 Å². The van der Waals surface area contributed by atoms with Crippen LogP contribution >= 0.6 is 0 Å². The van der Waals surface area contributed by atoms with Crippen LogP contribution in [0.5, 0.6) is 11.5 Å². The van der Waals surface area contributed by atoms with Crippen molar-refractivity contribution < 1.29 is 9.47 Å². The maximum atomic E-state index is 13.2. The van der Waals surface area contributed by atoms with Crippen molar-refractivity contribution in [3.05, 3.63) is 63.7 Å². The number of fused-ring (bicyclic) bond motifs is 2. The number of rotatable bonds is 3. The van der Waals surface area contributed by atoms with E-state index in [0.717, 1.165) is 30.4 Å². The summed E-state index contributed by atoms with van der Waals surface area (Å²) in [5, 5.41) is 9.52. The zero-order valence-electron chi connectivity index (χ0n) is 16.4. The zero-order valence-corrected chi connectivity index (χ0v) is 16.4. The van der Waals surface area contributed by atoms with Gasteiger partial charge in [-0.25, -0.2) is 4.98 Å². The third-order valence-electron chi connectivity index (χ3n) is 5.21.